The summed E-state index contributed by atoms with van der Waals surface area (Å²) >= 11 is 2.11. The highest BCUT2D eigenvalue weighted by Crippen LogP contribution is 2.29. The Labute approximate surface area is 117 Å². The summed E-state index contributed by atoms with van der Waals surface area (Å²) in [7, 11) is 0. The summed E-state index contributed by atoms with van der Waals surface area (Å²) < 4.78 is 0. The van der Waals surface area contributed by atoms with Crippen LogP contribution in [-0.4, -0.2) is 29.0 Å². The molecule has 0 amide bonds. The van der Waals surface area contributed by atoms with E-state index in [1.165, 1.54) is 36.4 Å². The summed E-state index contributed by atoms with van der Waals surface area (Å²) in [5, 5.41) is 0.850. The van der Waals surface area contributed by atoms with Crippen molar-refractivity contribution in [3.05, 3.63) is 35.6 Å². The van der Waals surface area contributed by atoms with Gasteiger partial charge in [0.05, 0.1) is 0 Å². The minimum atomic E-state index is 0.850. The second-order valence-corrected chi connectivity index (χ2v) is 6.22. The Bertz CT molecular complexity index is 324. The van der Waals surface area contributed by atoms with Gasteiger partial charge in [-0.15, -0.1) is 0 Å². The standard InChI is InChI=1S/C16H27NS/c1-5-11-17(13-16-10-12-18-16)15(7-3)9-8-14(4)6-2/h6-9,16H,5,10-13H2,1-4H3/b9-8-,14-6+,15-7+. The molecule has 102 valence electrons. The Hall–Kier alpha value is -0.630. The van der Waals surface area contributed by atoms with Gasteiger partial charge in [-0.1, -0.05) is 30.7 Å². The molecule has 0 aromatic rings. The van der Waals surface area contributed by atoms with Crippen LogP contribution < -0.4 is 0 Å². The monoisotopic (exact) mass is 265 g/mol. The zero-order valence-electron chi connectivity index (χ0n) is 12.3. The van der Waals surface area contributed by atoms with Crippen molar-refractivity contribution in [2.45, 2.75) is 45.8 Å². The fraction of sp³-hybridized carbons (Fsp3) is 0.625. The van der Waals surface area contributed by atoms with Crippen LogP contribution in [0.5, 0.6) is 0 Å². The van der Waals surface area contributed by atoms with Gasteiger partial charge < -0.3 is 4.90 Å². The maximum atomic E-state index is 2.54. The molecule has 0 aliphatic carbocycles. The number of allylic oxidation sites excluding steroid dienone is 5. The van der Waals surface area contributed by atoms with E-state index in [0.29, 0.717) is 0 Å². The molecular formula is C16H27NS. The van der Waals surface area contributed by atoms with Gasteiger partial charge in [-0.2, -0.15) is 11.8 Å². The lowest BCUT2D eigenvalue weighted by Gasteiger charge is -2.33. The van der Waals surface area contributed by atoms with Crippen molar-refractivity contribution in [1.82, 2.24) is 4.90 Å². The number of hydrogen-bond acceptors (Lipinski definition) is 2. The van der Waals surface area contributed by atoms with Gasteiger partial charge in [-0.3, -0.25) is 0 Å². The van der Waals surface area contributed by atoms with Gasteiger partial charge in [-0.05, 0) is 45.4 Å². The predicted octanol–water partition coefficient (Wildman–Crippen LogP) is 4.63. The third-order valence-electron chi connectivity index (χ3n) is 3.34. The summed E-state index contributed by atoms with van der Waals surface area (Å²) in [6.45, 7) is 11.0. The molecule has 0 radical (unpaired) electrons. The van der Waals surface area contributed by atoms with Crippen LogP contribution in [0.2, 0.25) is 0 Å². The second kappa shape index (κ2) is 8.47. The Morgan fingerprint density at radius 1 is 1.28 bits per heavy atom. The van der Waals surface area contributed by atoms with E-state index in [1.807, 2.05) is 0 Å². The molecule has 1 rings (SSSR count). The largest absolute Gasteiger partial charge is 0.371 e. The summed E-state index contributed by atoms with van der Waals surface area (Å²) in [5.74, 6) is 1.35. The zero-order chi connectivity index (χ0) is 13.4. The smallest absolute Gasteiger partial charge is 0.0323 e. The van der Waals surface area contributed by atoms with Crippen molar-refractivity contribution in [2.24, 2.45) is 0 Å². The molecule has 18 heavy (non-hydrogen) atoms. The first kappa shape index (κ1) is 15.4. The van der Waals surface area contributed by atoms with E-state index in [1.54, 1.807) is 0 Å². The highest BCUT2D eigenvalue weighted by molar-refractivity contribution is 8.01. The SMILES string of the molecule is C/C=C(C)/C=C\C(=C/C)N(CCC)CC1CCS1. The normalized spacial score (nSPS) is 21.2. The summed E-state index contributed by atoms with van der Waals surface area (Å²) in [6.07, 6.45) is 11.5. The van der Waals surface area contributed by atoms with Crippen LogP contribution in [0.25, 0.3) is 0 Å². The summed E-state index contributed by atoms with van der Waals surface area (Å²) in [5.41, 5.74) is 2.69. The Morgan fingerprint density at radius 2 is 2.00 bits per heavy atom. The molecule has 1 aliphatic heterocycles. The first-order valence-electron chi connectivity index (χ1n) is 7.05. The lowest BCUT2D eigenvalue weighted by Crippen LogP contribution is -2.34. The molecule has 1 heterocycles. The van der Waals surface area contributed by atoms with Crippen molar-refractivity contribution >= 4 is 11.8 Å². The topological polar surface area (TPSA) is 3.24 Å². The second-order valence-electron chi connectivity index (χ2n) is 4.81. The van der Waals surface area contributed by atoms with E-state index in [9.17, 15) is 0 Å². The molecule has 0 aromatic heterocycles. The molecule has 1 unspecified atom stereocenters. The summed E-state index contributed by atoms with van der Waals surface area (Å²) in [6, 6.07) is 0. The Morgan fingerprint density at radius 3 is 2.44 bits per heavy atom. The molecule has 1 aliphatic rings. The van der Waals surface area contributed by atoms with Crippen LogP contribution >= 0.6 is 11.8 Å². The zero-order valence-corrected chi connectivity index (χ0v) is 13.1. The lowest BCUT2D eigenvalue weighted by atomic mass is 10.2. The molecule has 1 saturated heterocycles. The first-order valence-corrected chi connectivity index (χ1v) is 8.10. The van der Waals surface area contributed by atoms with Crippen molar-refractivity contribution in [3.8, 4) is 0 Å². The molecule has 0 bridgehead atoms. The van der Waals surface area contributed by atoms with Gasteiger partial charge >= 0.3 is 0 Å². The lowest BCUT2D eigenvalue weighted by molar-refractivity contribution is 0.348. The quantitative estimate of drug-likeness (QED) is 0.617. The van der Waals surface area contributed by atoms with E-state index in [-0.39, 0.29) is 0 Å². The van der Waals surface area contributed by atoms with Crippen LogP contribution in [0.15, 0.2) is 35.6 Å². The molecule has 1 atom stereocenters. The fourth-order valence-electron chi connectivity index (χ4n) is 1.97. The predicted molar refractivity (Wildman–Crippen MR) is 85.1 cm³/mol. The minimum absolute atomic E-state index is 0.850. The molecular weight excluding hydrogens is 238 g/mol. The number of hydrogen-bond donors (Lipinski definition) is 0. The van der Waals surface area contributed by atoms with Gasteiger partial charge in [0.2, 0.25) is 0 Å². The minimum Gasteiger partial charge on any atom is -0.371 e. The molecule has 1 fully saturated rings. The van der Waals surface area contributed by atoms with Crippen molar-refractivity contribution in [3.63, 3.8) is 0 Å². The first-order chi connectivity index (χ1) is 8.71. The number of thioether (sulfide) groups is 1. The molecule has 2 heteroatoms. The van der Waals surface area contributed by atoms with Crippen LogP contribution in [0.3, 0.4) is 0 Å². The molecule has 0 saturated carbocycles. The fourth-order valence-corrected chi connectivity index (χ4v) is 2.82. The Kier molecular flexibility index (Phi) is 7.26. The third kappa shape index (κ3) is 4.93. The summed E-state index contributed by atoms with van der Waals surface area (Å²) in [4.78, 5) is 2.54. The third-order valence-corrected chi connectivity index (χ3v) is 4.67. The van der Waals surface area contributed by atoms with E-state index >= 15 is 0 Å². The van der Waals surface area contributed by atoms with Gasteiger partial charge in [-0.25, -0.2) is 0 Å². The number of rotatable bonds is 7. The van der Waals surface area contributed by atoms with Gasteiger partial charge in [0.1, 0.15) is 0 Å². The van der Waals surface area contributed by atoms with Crippen molar-refractivity contribution in [1.29, 1.82) is 0 Å². The van der Waals surface area contributed by atoms with Gasteiger partial charge in [0.25, 0.3) is 0 Å². The van der Waals surface area contributed by atoms with E-state index in [0.717, 1.165) is 11.8 Å². The van der Waals surface area contributed by atoms with E-state index < -0.39 is 0 Å². The van der Waals surface area contributed by atoms with Crippen molar-refractivity contribution < 1.29 is 0 Å². The average molecular weight is 265 g/mol. The van der Waals surface area contributed by atoms with E-state index in [2.05, 4.69) is 68.7 Å². The molecule has 0 N–H and O–H groups in total. The molecule has 0 spiro atoms. The van der Waals surface area contributed by atoms with Crippen LogP contribution in [0, 0.1) is 0 Å². The average Bonchev–Trinajstić information content (AvgIpc) is 2.33. The molecule has 0 aromatic carbocycles. The van der Waals surface area contributed by atoms with E-state index in [4.69, 9.17) is 0 Å². The highest BCUT2D eigenvalue weighted by atomic mass is 32.2. The van der Waals surface area contributed by atoms with Crippen LogP contribution in [-0.2, 0) is 0 Å². The van der Waals surface area contributed by atoms with Crippen molar-refractivity contribution in [2.75, 3.05) is 18.8 Å². The van der Waals surface area contributed by atoms with Gasteiger partial charge in [0.15, 0.2) is 0 Å². The number of nitrogens with zero attached hydrogens (tertiary/aromatic N) is 1. The van der Waals surface area contributed by atoms with Gasteiger partial charge in [0, 0.05) is 24.0 Å². The maximum Gasteiger partial charge on any atom is 0.0323 e. The maximum absolute atomic E-state index is 2.54. The van der Waals surface area contributed by atoms with Crippen LogP contribution in [0.1, 0.15) is 40.5 Å². The Balaban J connectivity index is 2.64. The highest BCUT2D eigenvalue weighted by Gasteiger charge is 2.21. The van der Waals surface area contributed by atoms with Crippen LogP contribution in [0.4, 0.5) is 0 Å². The molecule has 1 nitrogen and oxygen atoms in total.